The molecule has 2 aromatic heterocycles. The van der Waals surface area contributed by atoms with Gasteiger partial charge in [-0.1, -0.05) is 11.6 Å². The highest BCUT2D eigenvalue weighted by Gasteiger charge is 2.07. The lowest BCUT2D eigenvalue weighted by atomic mass is 10.4. The Kier molecular flexibility index (Phi) is 2.10. The SMILES string of the molecule is Cc1nc(Cl)c2ccn(CC#N)c2n1. The van der Waals surface area contributed by atoms with Crippen LogP contribution in [-0.4, -0.2) is 14.5 Å². The quantitative estimate of drug-likeness (QED) is 0.670. The fraction of sp³-hybridized carbons (Fsp3) is 0.222. The van der Waals surface area contributed by atoms with Crippen molar-refractivity contribution in [3.05, 3.63) is 23.2 Å². The second-order valence-electron chi connectivity index (χ2n) is 2.90. The molecule has 0 saturated carbocycles. The summed E-state index contributed by atoms with van der Waals surface area (Å²) < 4.78 is 1.75. The number of fused-ring (bicyclic) bond motifs is 1. The maximum atomic E-state index is 8.59. The van der Waals surface area contributed by atoms with Crippen LogP contribution in [0.25, 0.3) is 11.0 Å². The van der Waals surface area contributed by atoms with E-state index < -0.39 is 0 Å². The third-order valence-electron chi connectivity index (χ3n) is 1.93. The number of hydrogen-bond acceptors (Lipinski definition) is 3. The van der Waals surface area contributed by atoms with Gasteiger partial charge in [-0.15, -0.1) is 0 Å². The van der Waals surface area contributed by atoms with E-state index in [1.54, 1.807) is 17.7 Å². The minimum Gasteiger partial charge on any atom is -0.319 e. The van der Waals surface area contributed by atoms with E-state index in [4.69, 9.17) is 16.9 Å². The minimum absolute atomic E-state index is 0.274. The van der Waals surface area contributed by atoms with Gasteiger partial charge in [0.1, 0.15) is 23.2 Å². The smallest absolute Gasteiger partial charge is 0.146 e. The molecule has 0 unspecified atom stereocenters. The molecule has 0 saturated heterocycles. The predicted molar refractivity (Wildman–Crippen MR) is 52.9 cm³/mol. The van der Waals surface area contributed by atoms with Crippen molar-refractivity contribution in [2.24, 2.45) is 0 Å². The van der Waals surface area contributed by atoms with Crippen molar-refractivity contribution in [2.75, 3.05) is 0 Å². The fourth-order valence-corrected chi connectivity index (χ4v) is 1.60. The molecule has 70 valence electrons. The first-order chi connectivity index (χ1) is 6.72. The Morgan fingerprint density at radius 1 is 1.57 bits per heavy atom. The summed E-state index contributed by atoms with van der Waals surface area (Å²) in [6.45, 7) is 2.05. The second-order valence-corrected chi connectivity index (χ2v) is 3.26. The number of halogens is 1. The zero-order valence-corrected chi connectivity index (χ0v) is 8.28. The van der Waals surface area contributed by atoms with Gasteiger partial charge in [0.25, 0.3) is 0 Å². The molecule has 2 rings (SSSR count). The van der Waals surface area contributed by atoms with Crippen molar-refractivity contribution in [1.29, 1.82) is 5.26 Å². The Hall–Kier alpha value is -1.60. The Labute approximate surface area is 85.8 Å². The summed E-state index contributed by atoms with van der Waals surface area (Å²) in [4.78, 5) is 8.26. The molecular weight excluding hydrogens is 200 g/mol. The van der Waals surface area contributed by atoms with Crippen LogP contribution in [-0.2, 0) is 6.54 Å². The summed E-state index contributed by atoms with van der Waals surface area (Å²) >= 11 is 5.93. The highest BCUT2D eigenvalue weighted by Crippen LogP contribution is 2.20. The molecule has 4 nitrogen and oxygen atoms in total. The first kappa shape index (κ1) is 8.97. The Morgan fingerprint density at radius 3 is 3.07 bits per heavy atom. The minimum atomic E-state index is 0.274. The topological polar surface area (TPSA) is 54.5 Å². The van der Waals surface area contributed by atoms with Gasteiger partial charge in [0.15, 0.2) is 0 Å². The van der Waals surface area contributed by atoms with Crippen LogP contribution in [0.4, 0.5) is 0 Å². The van der Waals surface area contributed by atoms with Crippen LogP contribution >= 0.6 is 11.6 Å². The van der Waals surface area contributed by atoms with Gasteiger partial charge in [-0.2, -0.15) is 5.26 Å². The Balaban J connectivity index is 2.73. The van der Waals surface area contributed by atoms with Crippen LogP contribution in [0.2, 0.25) is 5.15 Å². The number of aromatic nitrogens is 3. The molecule has 5 heteroatoms. The number of hydrogen-bond donors (Lipinski definition) is 0. The van der Waals surface area contributed by atoms with E-state index in [0.29, 0.717) is 16.6 Å². The molecule has 0 radical (unpaired) electrons. The van der Waals surface area contributed by atoms with Gasteiger partial charge in [-0.05, 0) is 13.0 Å². The Morgan fingerprint density at radius 2 is 2.36 bits per heavy atom. The van der Waals surface area contributed by atoms with Crippen LogP contribution in [0.3, 0.4) is 0 Å². The van der Waals surface area contributed by atoms with E-state index in [1.807, 2.05) is 6.07 Å². The molecule has 0 aliphatic rings. The summed E-state index contributed by atoms with van der Waals surface area (Å²) in [5.41, 5.74) is 0.712. The lowest BCUT2D eigenvalue weighted by molar-refractivity contribution is 0.853. The maximum absolute atomic E-state index is 8.59. The van der Waals surface area contributed by atoms with Crippen LogP contribution in [0.1, 0.15) is 5.82 Å². The van der Waals surface area contributed by atoms with E-state index in [2.05, 4.69) is 16.0 Å². The van der Waals surface area contributed by atoms with Crippen molar-refractivity contribution >= 4 is 22.6 Å². The van der Waals surface area contributed by atoms with E-state index in [0.717, 1.165) is 5.39 Å². The van der Waals surface area contributed by atoms with E-state index >= 15 is 0 Å². The largest absolute Gasteiger partial charge is 0.319 e. The van der Waals surface area contributed by atoms with Crippen LogP contribution in [0.15, 0.2) is 12.3 Å². The summed E-state index contributed by atoms with van der Waals surface area (Å²) in [5, 5.41) is 9.81. The van der Waals surface area contributed by atoms with Gasteiger partial charge in [-0.25, -0.2) is 9.97 Å². The molecule has 0 N–H and O–H groups in total. The van der Waals surface area contributed by atoms with Crippen LogP contribution in [0, 0.1) is 18.3 Å². The predicted octanol–water partition coefficient (Wildman–Crippen LogP) is 1.92. The average molecular weight is 207 g/mol. The zero-order chi connectivity index (χ0) is 10.1. The van der Waals surface area contributed by atoms with Gasteiger partial charge in [0.05, 0.1) is 11.5 Å². The fourth-order valence-electron chi connectivity index (χ4n) is 1.33. The van der Waals surface area contributed by atoms with E-state index in [-0.39, 0.29) is 6.54 Å². The van der Waals surface area contributed by atoms with Crippen molar-refractivity contribution < 1.29 is 0 Å². The molecule has 0 aliphatic heterocycles. The average Bonchev–Trinajstić information content (AvgIpc) is 2.49. The van der Waals surface area contributed by atoms with Crippen molar-refractivity contribution in [3.8, 4) is 6.07 Å². The first-order valence-electron chi connectivity index (χ1n) is 4.08. The van der Waals surface area contributed by atoms with Crippen molar-refractivity contribution in [3.63, 3.8) is 0 Å². The highest BCUT2D eigenvalue weighted by molar-refractivity contribution is 6.33. The molecule has 0 amide bonds. The van der Waals surface area contributed by atoms with E-state index in [9.17, 15) is 0 Å². The molecule has 0 atom stereocenters. The molecule has 0 aromatic carbocycles. The summed E-state index contributed by atoms with van der Waals surface area (Å²) in [7, 11) is 0. The third kappa shape index (κ3) is 1.32. The van der Waals surface area contributed by atoms with Crippen LogP contribution in [0.5, 0.6) is 0 Å². The molecule has 2 aromatic rings. The van der Waals surface area contributed by atoms with Gasteiger partial charge in [-0.3, -0.25) is 0 Å². The number of nitriles is 1. The van der Waals surface area contributed by atoms with E-state index in [1.165, 1.54) is 0 Å². The molecule has 0 bridgehead atoms. The summed E-state index contributed by atoms with van der Waals surface area (Å²) in [5.74, 6) is 0.611. The zero-order valence-electron chi connectivity index (χ0n) is 7.53. The lowest BCUT2D eigenvalue weighted by Crippen LogP contribution is -1.97. The molecule has 0 aliphatic carbocycles. The number of rotatable bonds is 1. The molecule has 14 heavy (non-hydrogen) atoms. The lowest BCUT2D eigenvalue weighted by Gasteiger charge is -1.99. The van der Waals surface area contributed by atoms with Gasteiger partial charge < -0.3 is 4.57 Å². The normalized spacial score (nSPS) is 10.4. The second kappa shape index (κ2) is 3.28. The molecule has 0 fully saturated rings. The van der Waals surface area contributed by atoms with Gasteiger partial charge in [0.2, 0.25) is 0 Å². The summed E-state index contributed by atoms with van der Waals surface area (Å²) in [6.07, 6.45) is 1.79. The number of aryl methyl sites for hydroxylation is 1. The first-order valence-corrected chi connectivity index (χ1v) is 4.46. The summed E-state index contributed by atoms with van der Waals surface area (Å²) in [6, 6.07) is 3.87. The number of nitrogens with zero attached hydrogens (tertiary/aromatic N) is 4. The van der Waals surface area contributed by atoms with Gasteiger partial charge in [0, 0.05) is 6.20 Å². The monoisotopic (exact) mass is 206 g/mol. The molecule has 2 heterocycles. The standard InChI is InChI=1S/C9H7ClN4/c1-6-12-8(10)7-2-4-14(5-3-11)9(7)13-6/h2,4H,5H2,1H3. The van der Waals surface area contributed by atoms with Crippen molar-refractivity contribution in [2.45, 2.75) is 13.5 Å². The highest BCUT2D eigenvalue weighted by atomic mass is 35.5. The molecular formula is C9H7ClN4. The van der Waals surface area contributed by atoms with Crippen molar-refractivity contribution in [1.82, 2.24) is 14.5 Å². The Bertz CT molecular complexity index is 523. The third-order valence-corrected chi connectivity index (χ3v) is 2.21. The molecule has 0 spiro atoms. The van der Waals surface area contributed by atoms with Crippen LogP contribution < -0.4 is 0 Å². The maximum Gasteiger partial charge on any atom is 0.146 e. The van der Waals surface area contributed by atoms with Gasteiger partial charge >= 0.3 is 0 Å².